The van der Waals surface area contributed by atoms with Crippen LogP contribution < -0.4 is 5.73 Å². The molecule has 136 valence electrons. The van der Waals surface area contributed by atoms with Crippen LogP contribution in [-0.4, -0.2) is 35.0 Å². The van der Waals surface area contributed by atoms with Crippen molar-refractivity contribution in [1.82, 2.24) is 9.47 Å². The normalized spacial score (nSPS) is 15.0. The second-order valence-electron chi connectivity index (χ2n) is 7.03. The number of benzene rings is 1. The third-order valence-electron chi connectivity index (χ3n) is 5.42. The zero-order valence-corrected chi connectivity index (χ0v) is 15.6. The first-order valence-electron chi connectivity index (χ1n) is 9.25. The Hall–Kier alpha value is -2.58. The van der Waals surface area contributed by atoms with Crippen molar-refractivity contribution in [2.75, 3.05) is 19.6 Å². The van der Waals surface area contributed by atoms with Crippen molar-refractivity contribution >= 4 is 5.91 Å². The average molecular weight is 350 g/mol. The number of amides is 1. The number of carbonyl (C=O) groups excluding carboxylic acids is 1. The van der Waals surface area contributed by atoms with Crippen molar-refractivity contribution in [3.05, 3.63) is 46.8 Å². The molecule has 3 rings (SSSR count). The standard InChI is InChI=1S/C21H26N4O/c1-15-19(18-8-6-17(14-22)7-9-18)20(21(23)26)16(2)25(15)13-12-24-10-4-3-5-11-24/h6-9H,3-5,10-13H2,1-2H3,(H2,23,26). The van der Waals surface area contributed by atoms with E-state index in [0.29, 0.717) is 11.1 Å². The van der Waals surface area contributed by atoms with E-state index in [1.807, 2.05) is 26.0 Å². The minimum absolute atomic E-state index is 0.401. The molecular weight excluding hydrogens is 324 g/mol. The van der Waals surface area contributed by atoms with Crippen molar-refractivity contribution < 1.29 is 4.79 Å². The fourth-order valence-corrected chi connectivity index (χ4v) is 4.01. The van der Waals surface area contributed by atoms with Gasteiger partial charge in [-0.15, -0.1) is 0 Å². The van der Waals surface area contributed by atoms with Crippen LogP contribution in [0.25, 0.3) is 11.1 Å². The molecule has 1 saturated heterocycles. The van der Waals surface area contributed by atoms with Gasteiger partial charge in [0.25, 0.3) is 5.91 Å². The SMILES string of the molecule is Cc1c(C(N)=O)c(-c2ccc(C#N)cc2)c(C)n1CCN1CCCCC1. The number of aromatic nitrogens is 1. The van der Waals surface area contributed by atoms with Gasteiger partial charge in [0, 0.05) is 30.0 Å². The van der Waals surface area contributed by atoms with Crippen LogP contribution in [0.1, 0.15) is 46.6 Å². The molecule has 5 heteroatoms. The largest absolute Gasteiger partial charge is 0.366 e. The molecular formula is C21H26N4O. The summed E-state index contributed by atoms with van der Waals surface area (Å²) in [6, 6.07) is 9.47. The maximum atomic E-state index is 12.2. The smallest absolute Gasteiger partial charge is 0.251 e. The van der Waals surface area contributed by atoms with E-state index in [2.05, 4.69) is 15.5 Å². The molecule has 1 aliphatic heterocycles. The Bertz CT molecular complexity index is 836. The van der Waals surface area contributed by atoms with Crippen LogP contribution in [0.15, 0.2) is 24.3 Å². The lowest BCUT2D eigenvalue weighted by Gasteiger charge is -2.27. The van der Waals surface area contributed by atoms with Gasteiger partial charge in [-0.2, -0.15) is 5.26 Å². The molecule has 1 aliphatic rings. The number of nitrogens with two attached hydrogens (primary N) is 1. The number of rotatable bonds is 5. The Morgan fingerprint density at radius 3 is 2.31 bits per heavy atom. The van der Waals surface area contributed by atoms with Gasteiger partial charge in [-0.3, -0.25) is 4.79 Å². The monoisotopic (exact) mass is 350 g/mol. The Morgan fingerprint density at radius 2 is 1.73 bits per heavy atom. The molecule has 0 radical (unpaired) electrons. The first-order chi connectivity index (χ1) is 12.5. The Kier molecular flexibility index (Phi) is 5.43. The molecule has 1 amide bonds. The minimum atomic E-state index is -0.401. The third-order valence-corrected chi connectivity index (χ3v) is 5.42. The summed E-state index contributed by atoms with van der Waals surface area (Å²) in [6.07, 6.45) is 3.87. The van der Waals surface area contributed by atoms with E-state index in [9.17, 15) is 4.79 Å². The van der Waals surface area contributed by atoms with Crippen LogP contribution in [0.4, 0.5) is 0 Å². The number of primary amides is 1. The minimum Gasteiger partial charge on any atom is -0.366 e. The fraction of sp³-hybridized carbons (Fsp3) is 0.429. The summed E-state index contributed by atoms with van der Waals surface area (Å²) in [6.45, 7) is 8.17. The van der Waals surface area contributed by atoms with E-state index >= 15 is 0 Å². The molecule has 0 unspecified atom stereocenters. The summed E-state index contributed by atoms with van der Waals surface area (Å²) in [7, 11) is 0. The van der Waals surface area contributed by atoms with Crippen molar-refractivity contribution in [3.8, 4) is 17.2 Å². The molecule has 0 saturated carbocycles. The molecule has 2 aromatic rings. The predicted octanol–water partition coefficient (Wildman–Crippen LogP) is 3.23. The summed E-state index contributed by atoms with van der Waals surface area (Å²) >= 11 is 0. The number of hydrogen-bond acceptors (Lipinski definition) is 3. The Morgan fingerprint density at radius 1 is 1.08 bits per heavy atom. The summed E-state index contributed by atoms with van der Waals surface area (Å²) in [5.41, 5.74) is 10.7. The van der Waals surface area contributed by atoms with Gasteiger partial charge >= 0.3 is 0 Å². The maximum absolute atomic E-state index is 12.2. The molecule has 2 heterocycles. The first-order valence-corrected chi connectivity index (χ1v) is 9.25. The number of nitriles is 1. The molecule has 5 nitrogen and oxygen atoms in total. The van der Waals surface area contributed by atoms with Gasteiger partial charge in [-0.25, -0.2) is 0 Å². The van der Waals surface area contributed by atoms with Crippen LogP contribution in [0.2, 0.25) is 0 Å². The summed E-state index contributed by atoms with van der Waals surface area (Å²) in [4.78, 5) is 14.7. The van der Waals surface area contributed by atoms with E-state index in [0.717, 1.165) is 48.7 Å². The zero-order valence-electron chi connectivity index (χ0n) is 15.6. The number of likely N-dealkylation sites (tertiary alicyclic amines) is 1. The predicted molar refractivity (Wildman–Crippen MR) is 103 cm³/mol. The van der Waals surface area contributed by atoms with Crippen LogP contribution in [0.5, 0.6) is 0 Å². The highest BCUT2D eigenvalue weighted by Gasteiger charge is 2.23. The molecule has 0 atom stereocenters. The Labute approximate surface area is 155 Å². The van der Waals surface area contributed by atoms with Gasteiger partial charge < -0.3 is 15.2 Å². The first kappa shape index (κ1) is 18.2. The van der Waals surface area contributed by atoms with Crippen molar-refractivity contribution in [3.63, 3.8) is 0 Å². The van der Waals surface area contributed by atoms with Crippen LogP contribution in [0, 0.1) is 25.2 Å². The molecule has 0 aliphatic carbocycles. The quantitative estimate of drug-likeness (QED) is 0.899. The van der Waals surface area contributed by atoms with Crippen LogP contribution in [-0.2, 0) is 6.54 Å². The second-order valence-corrected chi connectivity index (χ2v) is 7.03. The lowest BCUT2D eigenvalue weighted by Crippen LogP contribution is -2.32. The van der Waals surface area contributed by atoms with E-state index in [4.69, 9.17) is 11.0 Å². The maximum Gasteiger partial charge on any atom is 0.251 e. The number of hydrogen-bond donors (Lipinski definition) is 1. The lowest BCUT2D eigenvalue weighted by molar-refractivity contribution is 0.1000. The fourth-order valence-electron chi connectivity index (χ4n) is 4.01. The molecule has 1 aromatic heterocycles. The van der Waals surface area contributed by atoms with Gasteiger partial charge in [-0.1, -0.05) is 18.6 Å². The van der Waals surface area contributed by atoms with Crippen molar-refractivity contribution in [2.24, 2.45) is 5.73 Å². The van der Waals surface area contributed by atoms with Gasteiger partial charge in [0.05, 0.1) is 17.2 Å². The van der Waals surface area contributed by atoms with Crippen molar-refractivity contribution in [1.29, 1.82) is 5.26 Å². The van der Waals surface area contributed by atoms with Gasteiger partial charge in [-0.05, 0) is 57.5 Å². The summed E-state index contributed by atoms with van der Waals surface area (Å²) in [5, 5.41) is 9.01. The van der Waals surface area contributed by atoms with E-state index in [1.165, 1.54) is 19.3 Å². The third kappa shape index (κ3) is 3.51. The molecule has 26 heavy (non-hydrogen) atoms. The van der Waals surface area contributed by atoms with Crippen LogP contribution >= 0.6 is 0 Å². The van der Waals surface area contributed by atoms with Gasteiger partial charge in [0.1, 0.15) is 0 Å². The molecule has 0 spiro atoms. The Balaban J connectivity index is 1.95. The van der Waals surface area contributed by atoms with E-state index in [-0.39, 0.29) is 0 Å². The van der Waals surface area contributed by atoms with E-state index in [1.54, 1.807) is 12.1 Å². The van der Waals surface area contributed by atoms with Crippen molar-refractivity contribution in [2.45, 2.75) is 39.7 Å². The highest BCUT2D eigenvalue weighted by molar-refractivity contribution is 6.02. The molecule has 1 fully saturated rings. The van der Waals surface area contributed by atoms with Gasteiger partial charge in [0.15, 0.2) is 0 Å². The number of piperidine rings is 1. The van der Waals surface area contributed by atoms with Crippen LogP contribution in [0.3, 0.4) is 0 Å². The molecule has 0 bridgehead atoms. The topological polar surface area (TPSA) is 75.0 Å². The molecule has 2 N–H and O–H groups in total. The highest BCUT2D eigenvalue weighted by atomic mass is 16.1. The summed E-state index contributed by atoms with van der Waals surface area (Å²) < 4.78 is 2.21. The number of carbonyl (C=O) groups is 1. The zero-order chi connectivity index (χ0) is 18.7. The lowest BCUT2D eigenvalue weighted by atomic mass is 9.99. The average Bonchev–Trinajstić information content (AvgIpc) is 2.91. The second kappa shape index (κ2) is 7.76. The summed E-state index contributed by atoms with van der Waals surface area (Å²) in [5.74, 6) is -0.401. The van der Waals surface area contributed by atoms with E-state index < -0.39 is 5.91 Å². The van der Waals surface area contributed by atoms with Gasteiger partial charge in [0.2, 0.25) is 0 Å². The highest BCUT2D eigenvalue weighted by Crippen LogP contribution is 2.32. The number of nitrogens with zero attached hydrogens (tertiary/aromatic N) is 3. The molecule has 1 aromatic carbocycles.